The summed E-state index contributed by atoms with van der Waals surface area (Å²) in [4.78, 5) is 34.1. The Labute approximate surface area is 267 Å². The van der Waals surface area contributed by atoms with E-state index in [1.807, 2.05) is 7.05 Å². The molecule has 4 atom stereocenters. The fraction of sp³-hybridized carbons (Fsp3) is 0.516. The van der Waals surface area contributed by atoms with Crippen LogP contribution < -0.4 is 0 Å². The van der Waals surface area contributed by atoms with E-state index in [9.17, 15) is 39.6 Å². The molecule has 2 heterocycles. The topological polar surface area (TPSA) is 124 Å². The number of H-pyrrole nitrogens is 1. The Balaban J connectivity index is 0.000000644. The monoisotopic (exact) mass is 690 g/mol. The van der Waals surface area contributed by atoms with Crippen LogP contribution in [0.1, 0.15) is 56.8 Å². The van der Waals surface area contributed by atoms with E-state index >= 15 is 0 Å². The molecule has 2 N–H and O–H groups in total. The first-order valence-electron chi connectivity index (χ1n) is 15.0. The fourth-order valence-corrected chi connectivity index (χ4v) is 8.03. The zero-order chi connectivity index (χ0) is 34.9. The molecule has 1 aliphatic carbocycles. The quantitative estimate of drug-likeness (QED) is 0.297. The highest BCUT2D eigenvalue weighted by Gasteiger charge is 2.45. The number of nitrogens with zero attached hydrogens (tertiary/aromatic N) is 3. The number of sulfone groups is 1. The lowest BCUT2D eigenvalue weighted by molar-refractivity contribution is -0.192. The molecular formula is C31H36F6N4O5S. The Morgan fingerprint density at radius 2 is 1.68 bits per heavy atom. The Bertz CT molecular complexity index is 1680. The molecule has 1 aliphatic heterocycles. The first kappa shape index (κ1) is 36.2. The Kier molecular flexibility index (Phi) is 10.6. The normalized spacial score (nSPS) is 22.5. The van der Waals surface area contributed by atoms with Gasteiger partial charge >= 0.3 is 18.3 Å². The highest BCUT2D eigenvalue weighted by Crippen LogP contribution is 2.40. The van der Waals surface area contributed by atoms with Gasteiger partial charge in [-0.2, -0.15) is 26.3 Å². The fourth-order valence-electron chi connectivity index (χ4n) is 6.35. The average molecular weight is 691 g/mol. The number of carbonyl (C=O) groups is 2. The molecule has 2 aromatic carbocycles. The third-order valence-electron chi connectivity index (χ3n) is 8.90. The molecule has 0 radical (unpaired) electrons. The van der Waals surface area contributed by atoms with Crippen molar-refractivity contribution in [2.75, 3.05) is 19.3 Å². The number of imidazole rings is 1. The van der Waals surface area contributed by atoms with E-state index in [0.29, 0.717) is 31.8 Å². The second-order valence-corrected chi connectivity index (χ2v) is 14.2. The van der Waals surface area contributed by atoms with Crippen LogP contribution in [0.4, 0.5) is 26.3 Å². The van der Waals surface area contributed by atoms with Gasteiger partial charge in [-0.25, -0.2) is 18.2 Å². The van der Waals surface area contributed by atoms with Gasteiger partial charge in [0.25, 0.3) is 0 Å². The number of aliphatic carboxylic acids is 1. The Morgan fingerprint density at radius 1 is 1.04 bits per heavy atom. The van der Waals surface area contributed by atoms with Gasteiger partial charge < -0.3 is 19.9 Å². The van der Waals surface area contributed by atoms with E-state index in [1.54, 1.807) is 35.2 Å². The number of fused-ring (bicyclic) bond motifs is 1. The third kappa shape index (κ3) is 8.26. The number of halogens is 6. The smallest absolute Gasteiger partial charge is 0.475 e. The number of rotatable bonds is 7. The van der Waals surface area contributed by atoms with Gasteiger partial charge in [0.15, 0.2) is 9.84 Å². The average Bonchev–Trinajstić information content (AvgIpc) is 3.59. The van der Waals surface area contributed by atoms with Crippen molar-refractivity contribution in [2.24, 2.45) is 5.92 Å². The molecule has 3 aromatic rings. The minimum Gasteiger partial charge on any atom is -0.475 e. The van der Waals surface area contributed by atoms with E-state index in [0.717, 1.165) is 12.5 Å². The molecule has 3 unspecified atom stereocenters. The van der Waals surface area contributed by atoms with E-state index in [2.05, 4.69) is 28.7 Å². The zero-order valence-corrected chi connectivity index (χ0v) is 26.7. The lowest BCUT2D eigenvalue weighted by atomic mass is 9.81. The maximum atomic E-state index is 13.8. The molecule has 0 spiro atoms. The minimum atomic E-state index is -5.08. The summed E-state index contributed by atoms with van der Waals surface area (Å²) in [5, 5.41) is 7.12. The molecule has 16 heteroatoms. The number of hydrogen-bond donors (Lipinski definition) is 2. The lowest BCUT2D eigenvalue weighted by Crippen LogP contribution is -2.51. The van der Waals surface area contributed by atoms with E-state index in [-0.39, 0.29) is 51.4 Å². The number of likely N-dealkylation sites (tertiary alicyclic amines) is 1. The number of para-hydroxylation sites is 1. The van der Waals surface area contributed by atoms with Gasteiger partial charge in [-0.05, 0) is 76.8 Å². The molecule has 1 saturated carbocycles. The highest BCUT2D eigenvalue weighted by atomic mass is 32.2. The van der Waals surface area contributed by atoms with Crippen LogP contribution >= 0.6 is 0 Å². The van der Waals surface area contributed by atoms with Crippen LogP contribution in [0.25, 0.3) is 11.0 Å². The molecule has 1 amide bonds. The van der Waals surface area contributed by atoms with Crippen LogP contribution in [0, 0.1) is 5.92 Å². The van der Waals surface area contributed by atoms with Crippen LogP contribution in [-0.2, 0) is 25.6 Å². The molecule has 1 aromatic heterocycles. The van der Waals surface area contributed by atoms with Gasteiger partial charge in [-0.3, -0.25) is 4.79 Å². The molecular weight excluding hydrogens is 654 g/mol. The highest BCUT2D eigenvalue weighted by molar-refractivity contribution is 7.91. The van der Waals surface area contributed by atoms with E-state index in [1.165, 1.54) is 12.1 Å². The van der Waals surface area contributed by atoms with Gasteiger partial charge in [0.2, 0.25) is 5.91 Å². The zero-order valence-electron chi connectivity index (χ0n) is 25.8. The number of hydrogen-bond acceptors (Lipinski definition) is 6. The summed E-state index contributed by atoms with van der Waals surface area (Å²) >= 11 is 0. The van der Waals surface area contributed by atoms with Gasteiger partial charge in [0, 0.05) is 24.7 Å². The number of carbonyl (C=O) groups excluding carboxylic acids is 1. The van der Waals surface area contributed by atoms with Crippen LogP contribution in [0.2, 0.25) is 0 Å². The molecule has 9 nitrogen and oxygen atoms in total. The van der Waals surface area contributed by atoms with Gasteiger partial charge in [-0.1, -0.05) is 24.3 Å². The van der Waals surface area contributed by atoms with E-state index < -0.39 is 39.6 Å². The molecule has 2 fully saturated rings. The summed E-state index contributed by atoms with van der Waals surface area (Å²) in [6.07, 6.45) is -7.10. The molecule has 1 saturated heterocycles. The standard InChI is InChI=1S/C29H35F3N4O3S.C2HF3O2/c1-18(2)35(3)20-12-13-25(19(16-20)17-40(38,39)21-8-5-4-6-9-21)36-15-14-22(28(36)37)27-33-24-11-7-10-23(26(24)34-27)29(30,31)32;3-2(4,5)1(6)7/h4-11,18-20,22,25H,12-17H2,1-3H3,(H,33,34);(H,6,7)/t19?,20-,22?,25?;/m1./s1. The first-order valence-corrected chi connectivity index (χ1v) is 16.6. The number of amides is 1. The predicted octanol–water partition coefficient (Wildman–Crippen LogP) is 5.88. The molecule has 258 valence electrons. The first-order chi connectivity index (χ1) is 21.8. The van der Waals surface area contributed by atoms with Crippen LogP contribution in [0.5, 0.6) is 0 Å². The van der Waals surface area contributed by atoms with Crippen molar-refractivity contribution >= 4 is 32.7 Å². The van der Waals surface area contributed by atoms with Crippen molar-refractivity contribution in [3.05, 3.63) is 59.9 Å². The largest absolute Gasteiger partial charge is 0.490 e. The number of benzene rings is 2. The molecule has 47 heavy (non-hydrogen) atoms. The van der Waals surface area contributed by atoms with Crippen molar-refractivity contribution in [3.8, 4) is 0 Å². The van der Waals surface area contributed by atoms with Crippen LogP contribution in [0.15, 0.2) is 53.4 Å². The summed E-state index contributed by atoms with van der Waals surface area (Å²) in [7, 11) is -1.54. The van der Waals surface area contributed by atoms with Crippen molar-refractivity contribution in [2.45, 2.75) is 80.8 Å². The Morgan fingerprint density at radius 3 is 2.26 bits per heavy atom. The number of nitrogens with one attached hydrogen (secondary N) is 1. The van der Waals surface area contributed by atoms with Gasteiger partial charge in [0.05, 0.1) is 33.2 Å². The second kappa shape index (κ2) is 13.8. The molecule has 2 aliphatic rings. The third-order valence-corrected chi connectivity index (χ3v) is 10.8. The predicted molar refractivity (Wildman–Crippen MR) is 160 cm³/mol. The number of aromatic nitrogens is 2. The summed E-state index contributed by atoms with van der Waals surface area (Å²) in [6.45, 7) is 4.62. The van der Waals surface area contributed by atoms with Crippen molar-refractivity contribution in [3.63, 3.8) is 0 Å². The van der Waals surface area contributed by atoms with Crippen LogP contribution in [-0.4, -0.2) is 88.8 Å². The summed E-state index contributed by atoms with van der Waals surface area (Å²) in [5.74, 6) is -3.79. The summed E-state index contributed by atoms with van der Waals surface area (Å²) < 4.78 is 99.2. The summed E-state index contributed by atoms with van der Waals surface area (Å²) in [5.41, 5.74) is -0.773. The van der Waals surface area contributed by atoms with Gasteiger partial charge in [0.1, 0.15) is 5.82 Å². The number of aromatic amines is 1. The number of carboxylic acid groups (broad SMARTS) is 1. The van der Waals surface area contributed by atoms with Crippen molar-refractivity contribution in [1.82, 2.24) is 19.8 Å². The maximum absolute atomic E-state index is 13.8. The summed E-state index contributed by atoms with van der Waals surface area (Å²) in [6, 6.07) is 12.4. The minimum absolute atomic E-state index is 0.0713. The van der Waals surface area contributed by atoms with E-state index in [4.69, 9.17) is 9.90 Å². The number of carboxylic acids is 1. The van der Waals surface area contributed by atoms with Crippen molar-refractivity contribution < 1.29 is 49.5 Å². The van der Waals surface area contributed by atoms with Crippen molar-refractivity contribution in [1.29, 1.82) is 0 Å². The maximum Gasteiger partial charge on any atom is 0.490 e. The second-order valence-electron chi connectivity index (χ2n) is 12.1. The molecule has 5 rings (SSSR count). The lowest BCUT2D eigenvalue weighted by Gasteiger charge is -2.44. The number of alkyl halides is 6. The van der Waals surface area contributed by atoms with Gasteiger partial charge in [-0.15, -0.1) is 0 Å². The molecule has 0 bridgehead atoms. The SMILES string of the molecule is CC(C)N(C)[C@@H]1CCC(N2CCC(c3nc4cccc(C(F)(F)F)c4[nH]3)C2=O)C(CS(=O)(=O)c2ccccc2)C1.O=C(O)C(F)(F)F. The Hall–Kier alpha value is -3.66. The van der Waals surface area contributed by atoms with Crippen LogP contribution in [0.3, 0.4) is 0 Å².